The molecule has 7 nitrogen and oxygen atoms in total. The second-order valence-electron chi connectivity index (χ2n) is 7.67. The van der Waals surface area contributed by atoms with Crippen molar-refractivity contribution in [3.8, 4) is 6.01 Å². The second-order valence-corrected chi connectivity index (χ2v) is 8.45. The Labute approximate surface area is 181 Å². The normalized spacial score (nSPS) is 23.5. The lowest BCUT2D eigenvalue weighted by molar-refractivity contribution is -0.192. The van der Waals surface area contributed by atoms with Crippen LogP contribution in [-0.2, 0) is 16.1 Å². The van der Waals surface area contributed by atoms with E-state index in [1.54, 1.807) is 17.5 Å². The van der Waals surface area contributed by atoms with Gasteiger partial charge < -0.3 is 14.6 Å². The summed E-state index contributed by atoms with van der Waals surface area (Å²) < 4.78 is 43.7. The van der Waals surface area contributed by atoms with Crippen LogP contribution in [0.25, 0.3) is 0 Å². The summed E-state index contributed by atoms with van der Waals surface area (Å²) in [5, 5.41) is 11.5. The first-order valence-corrected chi connectivity index (χ1v) is 10.7. The van der Waals surface area contributed by atoms with E-state index in [1.165, 1.54) is 5.56 Å². The number of carboxylic acid groups (broad SMARTS) is 1. The highest BCUT2D eigenvalue weighted by Crippen LogP contribution is 2.41. The topological polar surface area (TPSA) is 84.8 Å². The first-order chi connectivity index (χ1) is 14.7. The number of ether oxygens (including phenoxy) is 2. The minimum Gasteiger partial charge on any atom is -0.475 e. The lowest BCUT2D eigenvalue weighted by atomic mass is 9.77. The smallest absolute Gasteiger partial charge is 0.475 e. The van der Waals surface area contributed by atoms with Gasteiger partial charge in [-0.05, 0) is 48.2 Å². The number of likely N-dealkylation sites (tertiary alicyclic amines) is 1. The van der Waals surface area contributed by atoms with E-state index in [0.29, 0.717) is 18.7 Å². The van der Waals surface area contributed by atoms with Gasteiger partial charge in [-0.2, -0.15) is 24.5 Å². The van der Waals surface area contributed by atoms with Gasteiger partial charge in [0.15, 0.2) is 0 Å². The fourth-order valence-corrected chi connectivity index (χ4v) is 4.49. The maximum absolute atomic E-state index is 10.6. The molecule has 31 heavy (non-hydrogen) atoms. The van der Waals surface area contributed by atoms with Gasteiger partial charge in [-0.25, -0.2) is 14.8 Å². The quantitative estimate of drug-likeness (QED) is 0.732. The Morgan fingerprint density at radius 2 is 2.23 bits per heavy atom. The molecule has 0 unspecified atom stereocenters. The molecule has 2 aromatic heterocycles. The van der Waals surface area contributed by atoms with Gasteiger partial charge in [0.1, 0.15) is 6.61 Å². The van der Waals surface area contributed by atoms with Crippen LogP contribution in [0.15, 0.2) is 29.1 Å². The van der Waals surface area contributed by atoms with Gasteiger partial charge in [0.25, 0.3) is 0 Å². The number of carbonyl (C=O) groups is 1. The van der Waals surface area contributed by atoms with E-state index in [0.717, 1.165) is 44.8 Å². The summed E-state index contributed by atoms with van der Waals surface area (Å²) in [6.07, 6.45) is -0.922. The molecule has 11 heteroatoms. The highest BCUT2D eigenvalue weighted by molar-refractivity contribution is 7.07. The fraction of sp³-hybridized carbons (Fsp3) is 0.550. The van der Waals surface area contributed by atoms with Crippen LogP contribution in [0, 0.1) is 12.3 Å². The zero-order chi connectivity index (χ0) is 22.5. The van der Waals surface area contributed by atoms with Crippen LogP contribution in [0.4, 0.5) is 13.2 Å². The molecule has 0 bridgehead atoms. The zero-order valence-corrected chi connectivity index (χ0v) is 17.8. The van der Waals surface area contributed by atoms with Crippen LogP contribution in [0.3, 0.4) is 0 Å². The Morgan fingerprint density at radius 3 is 2.87 bits per heavy atom. The third-order valence-electron chi connectivity index (χ3n) is 5.34. The number of nitrogens with zero attached hydrogens (tertiary/aromatic N) is 3. The summed E-state index contributed by atoms with van der Waals surface area (Å²) in [4.78, 5) is 20.0. The van der Waals surface area contributed by atoms with Crippen LogP contribution >= 0.6 is 11.3 Å². The van der Waals surface area contributed by atoms with Gasteiger partial charge in [-0.3, -0.25) is 4.90 Å². The van der Waals surface area contributed by atoms with Gasteiger partial charge in [0.05, 0.1) is 6.10 Å². The Balaban J connectivity index is 0.000000339. The van der Waals surface area contributed by atoms with Crippen LogP contribution < -0.4 is 4.74 Å². The molecule has 1 N–H and O–H groups in total. The Morgan fingerprint density at radius 1 is 1.45 bits per heavy atom. The molecule has 0 aromatic carbocycles. The third kappa shape index (κ3) is 6.37. The Kier molecular flexibility index (Phi) is 7.50. The van der Waals surface area contributed by atoms with Crippen LogP contribution in [-0.4, -0.2) is 64.5 Å². The SMILES string of the molecule is Cc1ccnc(OC[C@@]23CCO[C@@H]2CCN(Cc2ccsc2)C3)n1.O=C(O)C(F)(F)F. The van der Waals surface area contributed by atoms with Gasteiger partial charge in [0.2, 0.25) is 0 Å². The second kappa shape index (κ2) is 9.92. The molecule has 0 radical (unpaired) electrons. The maximum Gasteiger partial charge on any atom is 0.490 e. The third-order valence-corrected chi connectivity index (χ3v) is 6.07. The van der Waals surface area contributed by atoms with Crippen molar-refractivity contribution < 1.29 is 32.5 Å². The van der Waals surface area contributed by atoms with Gasteiger partial charge in [-0.1, -0.05) is 0 Å². The summed E-state index contributed by atoms with van der Waals surface area (Å²) >= 11 is 1.76. The molecule has 2 aliphatic rings. The average Bonchev–Trinajstić information content (AvgIpc) is 3.36. The number of aliphatic carboxylic acids is 1. The number of fused-ring (bicyclic) bond motifs is 1. The molecule has 0 spiro atoms. The van der Waals surface area contributed by atoms with Crippen molar-refractivity contribution in [1.29, 1.82) is 0 Å². The predicted octanol–water partition coefficient (Wildman–Crippen LogP) is 3.54. The van der Waals surface area contributed by atoms with Crippen LogP contribution in [0.2, 0.25) is 0 Å². The molecule has 0 aliphatic carbocycles. The molecule has 170 valence electrons. The molecule has 2 fully saturated rings. The molecule has 2 saturated heterocycles. The lowest BCUT2D eigenvalue weighted by Gasteiger charge is -2.43. The molecule has 2 aliphatic heterocycles. The molecular weight excluding hydrogens is 435 g/mol. The minimum absolute atomic E-state index is 0.0569. The predicted molar refractivity (Wildman–Crippen MR) is 107 cm³/mol. The number of hydrogen-bond donors (Lipinski definition) is 1. The van der Waals surface area contributed by atoms with E-state index < -0.39 is 12.1 Å². The lowest BCUT2D eigenvalue weighted by Crippen LogP contribution is -2.52. The van der Waals surface area contributed by atoms with E-state index in [2.05, 4.69) is 31.7 Å². The van der Waals surface area contributed by atoms with Crippen molar-refractivity contribution in [2.45, 2.75) is 38.6 Å². The molecule has 2 aromatic rings. The zero-order valence-electron chi connectivity index (χ0n) is 17.0. The van der Waals surface area contributed by atoms with Crippen molar-refractivity contribution in [1.82, 2.24) is 14.9 Å². The molecule has 4 rings (SSSR count). The summed E-state index contributed by atoms with van der Waals surface area (Å²) in [6, 6.07) is 4.58. The summed E-state index contributed by atoms with van der Waals surface area (Å²) in [6.45, 7) is 6.52. The number of aryl methyl sites for hydroxylation is 1. The standard InChI is InChI=1S/C18H23N3O2S.C2HF3O2/c1-14-2-6-19-17(20-14)23-13-18-5-8-22-16(18)3-7-21(12-18)10-15-4-9-24-11-15;3-2(4,5)1(6)7/h2,4,6,9,11,16H,3,5,7-8,10,12-13H2,1H3;(H,6,7)/t16-,18+;/m1./s1. The Bertz CT molecular complexity index is 866. The number of thiophene rings is 1. The monoisotopic (exact) mass is 459 g/mol. The number of piperidine rings is 1. The first kappa shape index (κ1) is 23.4. The van der Waals surface area contributed by atoms with E-state index in [9.17, 15) is 13.2 Å². The van der Waals surface area contributed by atoms with E-state index >= 15 is 0 Å². The number of alkyl halides is 3. The van der Waals surface area contributed by atoms with Crippen molar-refractivity contribution in [2.24, 2.45) is 5.41 Å². The van der Waals surface area contributed by atoms with Crippen molar-refractivity contribution in [3.05, 3.63) is 40.3 Å². The Hall–Kier alpha value is -2.24. The number of carboxylic acids is 1. The summed E-state index contributed by atoms with van der Waals surface area (Å²) in [5.74, 6) is -2.76. The van der Waals surface area contributed by atoms with Gasteiger partial charge in [-0.15, -0.1) is 0 Å². The molecule has 2 atom stereocenters. The highest BCUT2D eigenvalue weighted by Gasteiger charge is 2.48. The minimum atomic E-state index is -5.08. The van der Waals surface area contributed by atoms with Crippen molar-refractivity contribution in [2.75, 3.05) is 26.3 Å². The maximum atomic E-state index is 10.6. The fourth-order valence-electron chi connectivity index (χ4n) is 3.83. The molecule has 0 saturated carbocycles. The first-order valence-electron chi connectivity index (χ1n) is 9.75. The highest BCUT2D eigenvalue weighted by atomic mass is 32.1. The van der Waals surface area contributed by atoms with E-state index in [4.69, 9.17) is 19.4 Å². The van der Waals surface area contributed by atoms with Gasteiger partial charge >= 0.3 is 18.2 Å². The van der Waals surface area contributed by atoms with E-state index in [1.807, 2.05) is 13.0 Å². The van der Waals surface area contributed by atoms with Crippen molar-refractivity contribution in [3.63, 3.8) is 0 Å². The molecule has 4 heterocycles. The number of hydrogen-bond acceptors (Lipinski definition) is 7. The largest absolute Gasteiger partial charge is 0.490 e. The molecule has 0 amide bonds. The summed E-state index contributed by atoms with van der Waals surface area (Å²) in [7, 11) is 0. The number of aromatic nitrogens is 2. The average molecular weight is 459 g/mol. The molecular formula is C20H24F3N3O4S. The summed E-state index contributed by atoms with van der Waals surface area (Å²) in [5.41, 5.74) is 2.39. The van der Waals surface area contributed by atoms with Crippen molar-refractivity contribution >= 4 is 17.3 Å². The van der Waals surface area contributed by atoms with E-state index in [-0.39, 0.29) is 5.41 Å². The van der Waals surface area contributed by atoms with Crippen LogP contribution in [0.5, 0.6) is 6.01 Å². The van der Waals surface area contributed by atoms with Crippen LogP contribution in [0.1, 0.15) is 24.1 Å². The number of rotatable bonds is 5. The van der Waals surface area contributed by atoms with Gasteiger partial charge in [0, 0.05) is 43.5 Å². The number of halogens is 3.